The Labute approximate surface area is 247 Å². The normalized spacial score (nSPS) is 20.0. The van der Waals surface area contributed by atoms with Crippen LogP contribution < -0.4 is 16.0 Å². The smallest absolute Gasteiger partial charge is 0.243 e. The van der Waals surface area contributed by atoms with E-state index >= 15 is 0 Å². The number of rotatable bonds is 5. The van der Waals surface area contributed by atoms with E-state index in [9.17, 15) is 14.4 Å². The molecule has 6 rings (SSSR count). The number of aromatic nitrogens is 1. The average Bonchev–Trinajstić information content (AvgIpc) is 3.49. The molecule has 0 bridgehead atoms. The van der Waals surface area contributed by atoms with E-state index in [0.717, 1.165) is 51.1 Å². The van der Waals surface area contributed by atoms with E-state index in [0.29, 0.717) is 24.3 Å². The number of hydrogen-bond acceptors (Lipinski definition) is 5. The van der Waals surface area contributed by atoms with Gasteiger partial charge in [-0.05, 0) is 84.2 Å². The summed E-state index contributed by atoms with van der Waals surface area (Å²) in [5, 5.41) is 8.75. The lowest BCUT2D eigenvalue weighted by atomic mass is 9.74. The van der Waals surface area contributed by atoms with Crippen LogP contribution in [0.3, 0.4) is 0 Å². The Morgan fingerprint density at radius 3 is 2.58 bits per heavy atom. The van der Waals surface area contributed by atoms with Crippen molar-refractivity contribution in [2.45, 2.75) is 50.4 Å². The molecule has 3 heterocycles. The molecule has 1 saturated heterocycles. The van der Waals surface area contributed by atoms with E-state index in [4.69, 9.17) is 0 Å². The minimum atomic E-state index is -0.651. The van der Waals surface area contributed by atoms with Gasteiger partial charge in [0.2, 0.25) is 17.7 Å². The molecule has 2 aliphatic heterocycles. The Bertz CT molecular complexity index is 1460. The van der Waals surface area contributed by atoms with Crippen molar-refractivity contribution in [2.75, 3.05) is 28.7 Å². The maximum atomic E-state index is 13.5. The Morgan fingerprint density at radius 2 is 1.80 bits per heavy atom. The van der Waals surface area contributed by atoms with E-state index in [1.807, 2.05) is 80.2 Å². The Hall–Kier alpha value is -3.17. The number of thioether (sulfide) groups is 1. The van der Waals surface area contributed by atoms with Gasteiger partial charge in [0.15, 0.2) is 0 Å². The quantitative estimate of drug-likeness (QED) is 0.356. The summed E-state index contributed by atoms with van der Waals surface area (Å²) in [6.07, 6.45) is 4.31. The van der Waals surface area contributed by atoms with E-state index in [2.05, 4.69) is 36.9 Å². The first-order valence-corrected chi connectivity index (χ1v) is 15.7. The van der Waals surface area contributed by atoms with Gasteiger partial charge in [-0.15, -0.1) is 0 Å². The highest BCUT2D eigenvalue weighted by Crippen LogP contribution is 2.47. The fourth-order valence-electron chi connectivity index (χ4n) is 6.03. The number of carbonyl (C=O) groups is 3. The van der Waals surface area contributed by atoms with Crippen LogP contribution in [0, 0.1) is 0 Å². The van der Waals surface area contributed by atoms with Gasteiger partial charge in [-0.3, -0.25) is 14.4 Å². The highest BCUT2D eigenvalue weighted by atomic mass is 79.9. The fourth-order valence-corrected chi connectivity index (χ4v) is 7.62. The van der Waals surface area contributed by atoms with Gasteiger partial charge < -0.3 is 16.0 Å². The Balaban J connectivity index is 0.00000158. The first-order chi connectivity index (χ1) is 19.4. The molecule has 1 spiro atoms. The SMILES string of the molecule is CC.O=C(CNC(=O)C1(c2cccc(Br)c2)CCSCC1)Nc1ccc2c(c1)CC1(C2)C(=O)Nc2ncccc21. The molecule has 1 aliphatic carbocycles. The van der Waals surface area contributed by atoms with Crippen LogP contribution in [0.2, 0.25) is 0 Å². The van der Waals surface area contributed by atoms with Crippen molar-refractivity contribution in [1.29, 1.82) is 0 Å². The number of anilines is 2. The van der Waals surface area contributed by atoms with E-state index < -0.39 is 10.8 Å². The lowest BCUT2D eigenvalue weighted by Gasteiger charge is -2.36. The summed E-state index contributed by atoms with van der Waals surface area (Å²) in [5.74, 6) is 2.01. The molecule has 1 unspecified atom stereocenters. The first kappa shape index (κ1) is 28.4. The molecule has 1 aromatic heterocycles. The summed E-state index contributed by atoms with van der Waals surface area (Å²) in [7, 11) is 0. The first-order valence-electron chi connectivity index (χ1n) is 13.7. The van der Waals surface area contributed by atoms with Crippen LogP contribution in [0.25, 0.3) is 0 Å². The molecule has 9 heteroatoms. The number of pyridine rings is 1. The van der Waals surface area contributed by atoms with Crippen LogP contribution in [0.4, 0.5) is 11.5 Å². The molecule has 40 heavy (non-hydrogen) atoms. The number of halogens is 1. The lowest BCUT2D eigenvalue weighted by molar-refractivity contribution is -0.129. The van der Waals surface area contributed by atoms with Crippen molar-refractivity contribution in [3.63, 3.8) is 0 Å². The zero-order valence-electron chi connectivity index (χ0n) is 22.7. The van der Waals surface area contributed by atoms with Crippen molar-refractivity contribution in [1.82, 2.24) is 10.3 Å². The minimum Gasteiger partial charge on any atom is -0.346 e. The number of fused-ring (bicyclic) bond motifs is 3. The number of carbonyl (C=O) groups excluding carboxylic acids is 3. The average molecular weight is 622 g/mol. The summed E-state index contributed by atoms with van der Waals surface area (Å²) in [4.78, 5) is 43.6. The number of nitrogens with zero attached hydrogens (tertiary/aromatic N) is 1. The topological polar surface area (TPSA) is 100 Å². The second-order valence-corrected chi connectivity index (χ2v) is 12.3. The molecule has 0 saturated carbocycles. The van der Waals surface area contributed by atoms with Crippen molar-refractivity contribution in [3.05, 3.63) is 87.5 Å². The summed E-state index contributed by atoms with van der Waals surface area (Å²) in [6.45, 7) is 3.89. The van der Waals surface area contributed by atoms with E-state index in [1.165, 1.54) is 0 Å². The van der Waals surface area contributed by atoms with Crippen LogP contribution in [0.5, 0.6) is 0 Å². The third-order valence-electron chi connectivity index (χ3n) is 8.03. The van der Waals surface area contributed by atoms with Crippen LogP contribution in [-0.2, 0) is 38.1 Å². The summed E-state index contributed by atoms with van der Waals surface area (Å²) in [6, 6.07) is 17.5. The van der Waals surface area contributed by atoms with Crippen LogP contribution in [0.15, 0.2) is 65.3 Å². The summed E-state index contributed by atoms with van der Waals surface area (Å²) in [5.41, 5.74) is 3.40. The summed E-state index contributed by atoms with van der Waals surface area (Å²) >= 11 is 5.38. The van der Waals surface area contributed by atoms with Crippen LogP contribution in [-0.4, -0.2) is 40.8 Å². The van der Waals surface area contributed by atoms with Gasteiger partial charge in [0.1, 0.15) is 5.82 Å². The molecule has 0 radical (unpaired) electrons. The van der Waals surface area contributed by atoms with Gasteiger partial charge in [0.05, 0.1) is 17.4 Å². The Morgan fingerprint density at radius 1 is 1.02 bits per heavy atom. The maximum absolute atomic E-state index is 13.5. The Kier molecular flexibility index (Phi) is 8.33. The van der Waals surface area contributed by atoms with Gasteiger partial charge in [0.25, 0.3) is 0 Å². The van der Waals surface area contributed by atoms with Gasteiger partial charge >= 0.3 is 0 Å². The van der Waals surface area contributed by atoms with E-state index in [1.54, 1.807) is 6.20 Å². The molecule has 3 aliphatic rings. The molecule has 3 N–H and O–H groups in total. The third-order valence-corrected chi connectivity index (χ3v) is 9.51. The molecular formula is C31H33BrN4O3S. The van der Waals surface area contributed by atoms with Crippen LogP contribution >= 0.6 is 27.7 Å². The predicted octanol–water partition coefficient (Wildman–Crippen LogP) is 5.38. The second kappa shape index (κ2) is 11.7. The van der Waals surface area contributed by atoms with Crippen LogP contribution in [0.1, 0.15) is 48.9 Å². The number of nitrogens with one attached hydrogen (secondary N) is 3. The van der Waals surface area contributed by atoms with Gasteiger partial charge in [-0.25, -0.2) is 4.98 Å². The zero-order valence-corrected chi connectivity index (χ0v) is 25.1. The predicted molar refractivity (Wildman–Crippen MR) is 164 cm³/mol. The van der Waals surface area contributed by atoms with Crippen molar-refractivity contribution < 1.29 is 14.4 Å². The van der Waals surface area contributed by atoms with Crippen molar-refractivity contribution >= 4 is 56.9 Å². The number of amides is 3. The summed E-state index contributed by atoms with van der Waals surface area (Å²) < 4.78 is 0.936. The van der Waals surface area contributed by atoms with Crippen molar-refractivity contribution in [3.8, 4) is 0 Å². The minimum absolute atomic E-state index is 0.0313. The molecule has 3 amide bonds. The number of hydrogen-bond donors (Lipinski definition) is 3. The molecule has 1 fully saturated rings. The standard InChI is InChI=1S/C29H27BrN4O3S.C2H6/c30-21-4-1-3-20(14-21)28(8-11-38-12-9-28)26(36)32-17-24(35)33-22-7-6-18-15-29(16-19(18)13-22)23-5-2-10-31-25(23)34-27(29)37;1-2/h1-7,10,13-14H,8-9,11-12,15-17H2,(H,32,36)(H,33,35)(H,31,34,37);1-2H3. The lowest BCUT2D eigenvalue weighted by Crippen LogP contribution is -2.48. The van der Waals surface area contributed by atoms with Gasteiger partial charge in [-0.2, -0.15) is 11.8 Å². The van der Waals surface area contributed by atoms with E-state index in [-0.39, 0.29) is 24.3 Å². The zero-order chi connectivity index (χ0) is 28.3. The molecule has 3 aromatic rings. The van der Waals surface area contributed by atoms with Gasteiger partial charge in [-0.1, -0.05) is 54.0 Å². The second-order valence-electron chi connectivity index (χ2n) is 10.2. The van der Waals surface area contributed by atoms with Crippen molar-refractivity contribution in [2.24, 2.45) is 0 Å². The van der Waals surface area contributed by atoms with Gasteiger partial charge in [0, 0.05) is 21.9 Å². The third kappa shape index (κ3) is 5.17. The highest BCUT2D eigenvalue weighted by Gasteiger charge is 2.51. The molecule has 7 nitrogen and oxygen atoms in total. The maximum Gasteiger partial charge on any atom is 0.243 e. The molecule has 208 valence electrons. The molecular weight excluding hydrogens is 588 g/mol. The fraction of sp³-hybridized carbons (Fsp3) is 0.355. The number of benzene rings is 2. The monoisotopic (exact) mass is 620 g/mol. The molecule has 2 aromatic carbocycles. The molecule has 1 atom stereocenters. The highest BCUT2D eigenvalue weighted by molar-refractivity contribution is 9.10. The largest absolute Gasteiger partial charge is 0.346 e.